The molecule has 1 heterocycles. The number of hydrogen-bond acceptors (Lipinski definition) is 4. The summed E-state index contributed by atoms with van der Waals surface area (Å²) in [6.45, 7) is 1.62. The fourth-order valence-electron chi connectivity index (χ4n) is 3.09. The Bertz CT molecular complexity index is 551. The average Bonchev–Trinajstić information content (AvgIpc) is 2.59. The summed E-state index contributed by atoms with van der Waals surface area (Å²) in [6.07, 6.45) is 2.36. The number of aliphatic hydroxyl groups is 1. The highest BCUT2D eigenvalue weighted by atomic mass is 19.1. The fourth-order valence-corrected chi connectivity index (χ4v) is 3.09. The predicted molar refractivity (Wildman–Crippen MR) is 84.1 cm³/mol. The molecule has 0 aliphatic carbocycles. The summed E-state index contributed by atoms with van der Waals surface area (Å²) in [5.41, 5.74) is -0.0432. The molecular weight excluding hydrogens is 301 g/mol. The van der Waals surface area contributed by atoms with Crippen LogP contribution in [0.4, 0.5) is 4.39 Å². The van der Waals surface area contributed by atoms with E-state index in [4.69, 9.17) is 9.47 Å². The van der Waals surface area contributed by atoms with E-state index < -0.39 is 5.82 Å². The van der Waals surface area contributed by atoms with Crippen LogP contribution >= 0.6 is 0 Å². The van der Waals surface area contributed by atoms with Crippen LogP contribution < -0.4 is 4.74 Å². The minimum Gasteiger partial charge on any atom is -0.494 e. The highest BCUT2D eigenvalue weighted by molar-refractivity contribution is 5.94. The molecule has 2 rings (SSSR count). The molecule has 5 nitrogen and oxygen atoms in total. The summed E-state index contributed by atoms with van der Waals surface area (Å²) < 4.78 is 23.8. The zero-order chi connectivity index (χ0) is 16.9. The molecule has 0 bridgehead atoms. The lowest BCUT2D eigenvalue weighted by molar-refractivity contribution is 0.00896. The second kappa shape index (κ2) is 7.75. The highest BCUT2D eigenvalue weighted by Crippen LogP contribution is 2.34. The molecule has 128 valence electrons. The van der Waals surface area contributed by atoms with Crippen LogP contribution in [0.3, 0.4) is 0 Å². The predicted octanol–water partition coefficient (Wildman–Crippen LogP) is 2.09. The van der Waals surface area contributed by atoms with E-state index in [2.05, 4.69) is 0 Å². The molecule has 1 aliphatic rings. The molecule has 1 N–H and O–H groups in total. The second-order valence-corrected chi connectivity index (χ2v) is 6.08. The number of amides is 1. The van der Waals surface area contributed by atoms with Gasteiger partial charge in [0.25, 0.3) is 5.91 Å². The van der Waals surface area contributed by atoms with Crippen molar-refractivity contribution in [3.63, 3.8) is 0 Å². The van der Waals surface area contributed by atoms with Crippen LogP contribution in [0.15, 0.2) is 18.2 Å². The maximum Gasteiger partial charge on any atom is 0.253 e. The SMILES string of the molecule is COCC[C@@]1(CO)CCCN(C(=O)c2ccc(OC)c(F)c2)C1. The first kappa shape index (κ1) is 17.7. The maximum atomic E-state index is 13.8. The smallest absolute Gasteiger partial charge is 0.253 e. The lowest BCUT2D eigenvalue weighted by atomic mass is 9.78. The minimum absolute atomic E-state index is 0.0110. The molecule has 1 saturated heterocycles. The third-order valence-electron chi connectivity index (χ3n) is 4.52. The van der Waals surface area contributed by atoms with E-state index in [0.29, 0.717) is 31.7 Å². The van der Waals surface area contributed by atoms with Gasteiger partial charge < -0.3 is 19.5 Å². The standard InChI is InChI=1S/C17H24FNO4/c1-22-9-7-17(12-20)6-3-8-19(11-17)16(21)13-4-5-15(23-2)14(18)10-13/h4-5,10,20H,3,6-9,11-12H2,1-2H3/t17-/m0/s1. The van der Waals surface area contributed by atoms with Crippen molar-refractivity contribution in [1.29, 1.82) is 0 Å². The van der Waals surface area contributed by atoms with Crippen LogP contribution in [0.1, 0.15) is 29.6 Å². The van der Waals surface area contributed by atoms with Gasteiger partial charge in [0.05, 0.1) is 13.7 Å². The normalized spacial score (nSPS) is 21.3. The number of carbonyl (C=O) groups excluding carboxylic acids is 1. The molecular formula is C17H24FNO4. The van der Waals surface area contributed by atoms with Gasteiger partial charge in [-0.1, -0.05) is 0 Å². The van der Waals surface area contributed by atoms with Crippen molar-refractivity contribution < 1.29 is 23.8 Å². The van der Waals surface area contributed by atoms with Gasteiger partial charge in [-0.2, -0.15) is 0 Å². The molecule has 0 aromatic heterocycles. The first-order valence-electron chi connectivity index (χ1n) is 7.78. The van der Waals surface area contributed by atoms with Gasteiger partial charge in [-0.25, -0.2) is 4.39 Å². The number of halogens is 1. The fraction of sp³-hybridized carbons (Fsp3) is 0.588. The number of carbonyl (C=O) groups is 1. The number of rotatable bonds is 6. The van der Waals surface area contributed by atoms with Gasteiger partial charge in [0.15, 0.2) is 11.6 Å². The van der Waals surface area contributed by atoms with Gasteiger partial charge in [-0.15, -0.1) is 0 Å². The van der Waals surface area contributed by atoms with E-state index in [1.165, 1.54) is 19.2 Å². The van der Waals surface area contributed by atoms with Crippen molar-refractivity contribution in [2.24, 2.45) is 5.41 Å². The molecule has 0 saturated carbocycles. The Morgan fingerprint density at radius 3 is 2.83 bits per heavy atom. The zero-order valence-corrected chi connectivity index (χ0v) is 13.7. The Kier molecular flexibility index (Phi) is 5.96. The number of likely N-dealkylation sites (tertiary alicyclic amines) is 1. The third kappa shape index (κ3) is 4.00. The van der Waals surface area contributed by atoms with Gasteiger partial charge in [-0.05, 0) is 37.5 Å². The monoisotopic (exact) mass is 325 g/mol. The molecule has 0 unspecified atom stereocenters. The molecule has 0 spiro atoms. The van der Waals surface area contributed by atoms with Crippen LogP contribution in [0.25, 0.3) is 0 Å². The Morgan fingerprint density at radius 2 is 2.22 bits per heavy atom. The van der Waals surface area contributed by atoms with Crippen LogP contribution in [-0.2, 0) is 4.74 Å². The lowest BCUT2D eigenvalue weighted by Crippen LogP contribution is -2.48. The molecule has 6 heteroatoms. The number of nitrogens with zero attached hydrogens (tertiary/aromatic N) is 1. The van der Waals surface area contributed by atoms with Gasteiger partial charge in [0.2, 0.25) is 0 Å². The van der Waals surface area contributed by atoms with Crippen LogP contribution in [0.5, 0.6) is 5.75 Å². The zero-order valence-electron chi connectivity index (χ0n) is 13.7. The van der Waals surface area contributed by atoms with E-state index in [-0.39, 0.29) is 23.7 Å². The Labute approximate surface area is 136 Å². The summed E-state index contributed by atoms with van der Waals surface area (Å²) >= 11 is 0. The van der Waals surface area contributed by atoms with Crippen molar-refractivity contribution >= 4 is 5.91 Å². The molecule has 1 fully saturated rings. The van der Waals surface area contributed by atoms with Crippen LogP contribution in [0.2, 0.25) is 0 Å². The largest absolute Gasteiger partial charge is 0.494 e. The Hall–Kier alpha value is -1.66. The topological polar surface area (TPSA) is 59.0 Å². The quantitative estimate of drug-likeness (QED) is 0.870. The van der Waals surface area contributed by atoms with Crippen LogP contribution in [-0.4, -0.2) is 56.4 Å². The summed E-state index contributed by atoms with van der Waals surface area (Å²) in [4.78, 5) is 14.3. The van der Waals surface area contributed by atoms with E-state index in [1.54, 1.807) is 18.1 Å². The van der Waals surface area contributed by atoms with E-state index in [9.17, 15) is 14.3 Å². The second-order valence-electron chi connectivity index (χ2n) is 6.08. The number of ether oxygens (including phenoxy) is 2. The van der Waals surface area contributed by atoms with Crippen molar-refractivity contribution in [2.45, 2.75) is 19.3 Å². The highest BCUT2D eigenvalue weighted by Gasteiger charge is 2.36. The minimum atomic E-state index is -0.553. The number of aliphatic hydroxyl groups excluding tert-OH is 1. The molecule has 0 radical (unpaired) electrons. The molecule has 1 aliphatic heterocycles. The molecule has 1 atom stereocenters. The maximum absolute atomic E-state index is 13.8. The summed E-state index contributed by atoms with van der Waals surface area (Å²) in [7, 11) is 3.01. The third-order valence-corrected chi connectivity index (χ3v) is 4.52. The van der Waals surface area contributed by atoms with Crippen LogP contribution in [0, 0.1) is 11.2 Å². The Morgan fingerprint density at radius 1 is 1.43 bits per heavy atom. The number of hydrogen-bond donors (Lipinski definition) is 1. The summed E-state index contributed by atoms with van der Waals surface area (Å²) in [5.74, 6) is -0.658. The van der Waals surface area contributed by atoms with E-state index >= 15 is 0 Å². The van der Waals surface area contributed by atoms with Gasteiger partial charge in [0.1, 0.15) is 0 Å². The van der Waals surface area contributed by atoms with Crippen molar-refractivity contribution in [2.75, 3.05) is 40.5 Å². The number of methoxy groups -OCH3 is 2. The van der Waals surface area contributed by atoms with Crippen molar-refractivity contribution in [1.82, 2.24) is 4.90 Å². The average molecular weight is 325 g/mol. The lowest BCUT2D eigenvalue weighted by Gasteiger charge is -2.41. The van der Waals surface area contributed by atoms with Crippen molar-refractivity contribution in [3.8, 4) is 5.75 Å². The molecule has 1 amide bonds. The molecule has 1 aromatic rings. The molecule has 23 heavy (non-hydrogen) atoms. The van der Waals surface area contributed by atoms with Gasteiger partial charge in [0, 0.05) is 37.8 Å². The van der Waals surface area contributed by atoms with E-state index in [0.717, 1.165) is 12.8 Å². The van der Waals surface area contributed by atoms with Gasteiger partial charge in [-0.3, -0.25) is 4.79 Å². The molecule has 1 aromatic carbocycles. The first-order chi connectivity index (χ1) is 11.0. The number of piperidine rings is 1. The van der Waals surface area contributed by atoms with Crippen molar-refractivity contribution in [3.05, 3.63) is 29.6 Å². The van der Waals surface area contributed by atoms with E-state index in [1.807, 2.05) is 0 Å². The first-order valence-corrected chi connectivity index (χ1v) is 7.78. The Balaban J connectivity index is 2.13. The summed E-state index contributed by atoms with van der Waals surface area (Å²) in [5, 5.41) is 9.78. The number of benzene rings is 1. The van der Waals surface area contributed by atoms with Gasteiger partial charge >= 0.3 is 0 Å². The summed E-state index contributed by atoms with van der Waals surface area (Å²) in [6, 6.07) is 4.22.